The highest BCUT2D eigenvalue weighted by Crippen LogP contribution is 2.24. The van der Waals surface area contributed by atoms with Crippen molar-refractivity contribution in [2.75, 3.05) is 10.0 Å². The molecule has 3 rings (SSSR count). The maximum Gasteiger partial charge on any atom is 0.263 e. The third kappa shape index (κ3) is 4.09. The molecule has 1 aromatic heterocycles. The van der Waals surface area contributed by atoms with Gasteiger partial charge in [-0.2, -0.15) is 0 Å². The van der Waals surface area contributed by atoms with E-state index in [-0.39, 0.29) is 27.1 Å². The maximum atomic E-state index is 13.6. The summed E-state index contributed by atoms with van der Waals surface area (Å²) in [5.74, 6) is -1.20. The summed E-state index contributed by atoms with van der Waals surface area (Å²) < 4.78 is 53.6. The van der Waals surface area contributed by atoms with E-state index in [4.69, 9.17) is 11.6 Å². The van der Waals surface area contributed by atoms with Gasteiger partial charge in [0.15, 0.2) is 0 Å². The lowest BCUT2D eigenvalue weighted by molar-refractivity contribution is 0.586. The molecule has 0 aliphatic carbocycles. The van der Waals surface area contributed by atoms with Crippen LogP contribution < -0.4 is 10.0 Å². The number of hydrogen-bond donors (Lipinski definition) is 2. The second-order valence-electron chi connectivity index (χ2n) is 5.22. The van der Waals surface area contributed by atoms with E-state index in [9.17, 15) is 17.2 Å². The quantitative estimate of drug-likeness (QED) is 0.664. The van der Waals surface area contributed by atoms with Crippen molar-refractivity contribution >= 4 is 38.8 Å². The number of benzene rings is 2. The second kappa shape index (κ2) is 7.27. The van der Waals surface area contributed by atoms with Crippen molar-refractivity contribution in [3.05, 3.63) is 77.5 Å². The van der Waals surface area contributed by atoms with E-state index in [1.165, 1.54) is 36.5 Å². The fourth-order valence-electron chi connectivity index (χ4n) is 2.13. The molecule has 0 atom stereocenters. The second-order valence-corrected chi connectivity index (χ2v) is 7.28. The lowest BCUT2D eigenvalue weighted by atomic mass is 10.3. The third-order valence-electron chi connectivity index (χ3n) is 3.34. The molecular formula is C17H12ClF2N3O2S. The van der Waals surface area contributed by atoms with Gasteiger partial charge in [-0.05, 0) is 36.4 Å². The number of anilines is 3. The van der Waals surface area contributed by atoms with E-state index in [0.29, 0.717) is 0 Å². The van der Waals surface area contributed by atoms with Gasteiger partial charge < -0.3 is 5.32 Å². The molecule has 134 valence electrons. The van der Waals surface area contributed by atoms with Crippen LogP contribution in [0.2, 0.25) is 5.02 Å². The highest BCUT2D eigenvalue weighted by Gasteiger charge is 2.17. The standard InChI is InChI=1S/C17H12ClF2N3O2S/c18-13-3-1-2-4-16(13)26(24,25)23-12-6-8-17(21-10-12)22-15-7-5-11(19)9-14(15)20/h1-10,23H,(H,21,22). The molecule has 0 saturated heterocycles. The van der Waals surface area contributed by atoms with Gasteiger partial charge in [-0.1, -0.05) is 23.7 Å². The Morgan fingerprint density at radius 2 is 1.77 bits per heavy atom. The van der Waals surface area contributed by atoms with Crippen molar-refractivity contribution in [1.29, 1.82) is 0 Å². The van der Waals surface area contributed by atoms with Crippen LogP contribution in [-0.4, -0.2) is 13.4 Å². The first kappa shape index (κ1) is 18.1. The van der Waals surface area contributed by atoms with Crippen LogP contribution >= 0.6 is 11.6 Å². The van der Waals surface area contributed by atoms with Crippen LogP contribution in [0.3, 0.4) is 0 Å². The van der Waals surface area contributed by atoms with Gasteiger partial charge >= 0.3 is 0 Å². The highest BCUT2D eigenvalue weighted by atomic mass is 35.5. The Morgan fingerprint density at radius 1 is 1.00 bits per heavy atom. The molecule has 0 aliphatic heterocycles. The molecule has 0 bridgehead atoms. The number of halogens is 3. The minimum atomic E-state index is -3.87. The molecule has 5 nitrogen and oxygen atoms in total. The summed E-state index contributed by atoms with van der Waals surface area (Å²) in [6.45, 7) is 0. The number of nitrogens with one attached hydrogen (secondary N) is 2. The molecule has 1 heterocycles. The number of aromatic nitrogens is 1. The Kier molecular flexibility index (Phi) is 5.06. The number of nitrogens with zero attached hydrogens (tertiary/aromatic N) is 1. The Hall–Kier alpha value is -2.71. The molecule has 0 spiro atoms. The van der Waals surface area contributed by atoms with E-state index in [2.05, 4.69) is 15.0 Å². The third-order valence-corrected chi connectivity index (χ3v) is 5.22. The monoisotopic (exact) mass is 395 g/mol. The molecule has 3 aromatic rings. The molecule has 26 heavy (non-hydrogen) atoms. The summed E-state index contributed by atoms with van der Waals surface area (Å²) in [6.07, 6.45) is 1.26. The Morgan fingerprint density at radius 3 is 2.42 bits per heavy atom. The number of rotatable bonds is 5. The van der Waals surface area contributed by atoms with E-state index in [0.717, 1.165) is 12.1 Å². The van der Waals surface area contributed by atoms with Crippen LogP contribution in [0.4, 0.5) is 26.0 Å². The van der Waals surface area contributed by atoms with Crippen LogP contribution in [0.5, 0.6) is 0 Å². The SMILES string of the molecule is O=S(=O)(Nc1ccc(Nc2ccc(F)cc2F)nc1)c1ccccc1Cl. The lowest BCUT2D eigenvalue weighted by Gasteiger charge is -2.10. The predicted octanol–water partition coefficient (Wildman–Crippen LogP) is 4.56. The topological polar surface area (TPSA) is 71.1 Å². The average Bonchev–Trinajstić information content (AvgIpc) is 2.59. The number of hydrogen-bond acceptors (Lipinski definition) is 4. The van der Waals surface area contributed by atoms with E-state index >= 15 is 0 Å². The molecule has 0 radical (unpaired) electrons. The smallest absolute Gasteiger partial charge is 0.263 e. The van der Waals surface area contributed by atoms with Crippen LogP contribution in [0.1, 0.15) is 0 Å². The zero-order chi connectivity index (χ0) is 18.7. The Labute approximate surface area is 153 Å². The molecule has 2 aromatic carbocycles. The molecule has 0 saturated carbocycles. The van der Waals surface area contributed by atoms with Crippen LogP contribution in [0, 0.1) is 11.6 Å². The van der Waals surface area contributed by atoms with Gasteiger partial charge in [0.25, 0.3) is 10.0 Å². The summed E-state index contributed by atoms with van der Waals surface area (Å²) in [6, 6.07) is 12.0. The number of sulfonamides is 1. The van der Waals surface area contributed by atoms with Gasteiger partial charge in [0, 0.05) is 6.07 Å². The van der Waals surface area contributed by atoms with Gasteiger partial charge in [0.2, 0.25) is 0 Å². The predicted molar refractivity (Wildman–Crippen MR) is 96.1 cm³/mol. The van der Waals surface area contributed by atoms with Crippen molar-refractivity contribution in [2.24, 2.45) is 0 Å². The molecular weight excluding hydrogens is 384 g/mol. The van der Waals surface area contributed by atoms with Gasteiger partial charge in [0.05, 0.1) is 22.6 Å². The van der Waals surface area contributed by atoms with Crippen molar-refractivity contribution in [3.63, 3.8) is 0 Å². The molecule has 0 fully saturated rings. The minimum absolute atomic E-state index is 0.0447. The van der Waals surface area contributed by atoms with E-state index < -0.39 is 21.7 Å². The van der Waals surface area contributed by atoms with Gasteiger partial charge in [0.1, 0.15) is 22.3 Å². The molecule has 0 unspecified atom stereocenters. The van der Waals surface area contributed by atoms with Crippen molar-refractivity contribution in [3.8, 4) is 0 Å². The largest absolute Gasteiger partial charge is 0.338 e. The molecule has 2 N–H and O–H groups in total. The minimum Gasteiger partial charge on any atom is -0.338 e. The molecule has 9 heteroatoms. The zero-order valence-electron chi connectivity index (χ0n) is 13.1. The highest BCUT2D eigenvalue weighted by molar-refractivity contribution is 7.92. The van der Waals surface area contributed by atoms with Crippen molar-refractivity contribution in [2.45, 2.75) is 4.90 Å². The van der Waals surface area contributed by atoms with Crippen molar-refractivity contribution < 1.29 is 17.2 Å². The lowest BCUT2D eigenvalue weighted by Crippen LogP contribution is -2.13. The van der Waals surface area contributed by atoms with Gasteiger partial charge in [-0.25, -0.2) is 22.2 Å². The van der Waals surface area contributed by atoms with Crippen LogP contribution in [0.15, 0.2) is 65.7 Å². The Bertz CT molecular complexity index is 1040. The first-order valence-corrected chi connectivity index (χ1v) is 9.17. The molecule has 0 aliphatic rings. The zero-order valence-corrected chi connectivity index (χ0v) is 14.7. The van der Waals surface area contributed by atoms with E-state index in [1.807, 2.05) is 0 Å². The number of pyridine rings is 1. The summed E-state index contributed by atoms with van der Waals surface area (Å²) in [5.41, 5.74) is 0.248. The summed E-state index contributed by atoms with van der Waals surface area (Å²) in [7, 11) is -3.87. The van der Waals surface area contributed by atoms with Crippen LogP contribution in [0.25, 0.3) is 0 Å². The fourth-order valence-corrected chi connectivity index (χ4v) is 3.69. The Balaban J connectivity index is 1.76. The van der Waals surface area contributed by atoms with Crippen molar-refractivity contribution in [1.82, 2.24) is 4.98 Å². The summed E-state index contributed by atoms with van der Waals surface area (Å²) >= 11 is 5.91. The van der Waals surface area contributed by atoms with Gasteiger partial charge in [-0.3, -0.25) is 4.72 Å². The summed E-state index contributed by atoms with van der Waals surface area (Å²) in [4.78, 5) is 3.95. The van der Waals surface area contributed by atoms with E-state index in [1.54, 1.807) is 12.1 Å². The molecule has 0 amide bonds. The summed E-state index contributed by atoms with van der Waals surface area (Å²) in [5, 5.41) is 2.77. The maximum absolute atomic E-state index is 13.6. The fraction of sp³-hybridized carbons (Fsp3) is 0. The first-order chi connectivity index (χ1) is 12.3. The van der Waals surface area contributed by atoms with Crippen LogP contribution in [-0.2, 0) is 10.0 Å². The average molecular weight is 396 g/mol. The van der Waals surface area contributed by atoms with Gasteiger partial charge in [-0.15, -0.1) is 0 Å². The normalized spacial score (nSPS) is 11.2. The first-order valence-electron chi connectivity index (χ1n) is 7.31.